The van der Waals surface area contributed by atoms with Crippen LogP contribution in [0.3, 0.4) is 0 Å². The van der Waals surface area contributed by atoms with Crippen LogP contribution in [0, 0.1) is 0 Å². The summed E-state index contributed by atoms with van der Waals surface area (Å²) >= 11 is 6.24. The zero-order chi connectivity index (χ0) is 21.1. The number of phenolic OH excluding ortho intramolecular Hbond substituents is 1. The van der Waals surface area contributed by atoms with Crippen LogP contribution in [-0.4, -0.2) is 37.2 Å². The minimum Gasteiger partial charge on any atom is -0.506 e. The van der Waals surface area contributed by atoms with E-state index in [1.165, 1.54) is 22.4 Å². The molecule has 4 rings (SSSR count). The molecular weight excluding hydrogens is 392 g/mol. The number of benzene rings is 3. The van der Waals surface area contributed by atoms with Crippen molar-refractivity contribution in [3.05, 3.63) is 100 Å². The predicted octanol–water partition coefficient (Wildman–Crippen LogP) is 5.77. The maximum Gasteiger partial charge on any atom is 0.134 e. The highest BCUT2D eigenvalue weighted by Gasteiger charge is 2.24. The van der Waals surface area contributed by atoms with Gasteiger partial charge in [-0.25, -0.2) is 0 Å². The Hall–Kier alpha value is -2.91. The van der Waals surface area contributed by atoms with E-state index in [1.54, 1.807) is 0 Å². The zero-order valence-corrected chi connectivity index (χ0v) is 18.2. The summed E-state index contributed by atoms with van der Waals surface area (Å²) < 4.78 is 0. The van der Waals surface area contributed by atoms with Crippen molar-refractivity contribution in [1.82, 2.24) is 4.90 Å². The van der Waals surface area contributed by atoms with Gasteiger partial charge in [0.1, 0.15) is 5.75 Å². The van der Waals surface area contributed by atoms with Crippen LogP contribution in [-0.2, 0) is 6.42 Å². The summed E-state index contributed by atoms with van der Waals surface area (Å²) in [6.45, 7) is 1.75. The number of halogens is 1. The Labute approximate surface area is 183 Å². The van der Waals surface area contributed by atoms with E-state index in [2.05, 4.69) is 84.7 Å². The standard InChI is InChI=1S/C26H27ClN2O/c1-28(2)25-11-7-6-10-20(25)12-14-29-15-13-21-16-24(27)26(30)17-22(21)23(18-29)19-8-4-3-5-9-19/h3-12,14,16-17,23,30H,13,15,18H2,1-2H3/b14-12+. The molecule has 0 fully saturated rings. The Morgan fingerprint density at radius 1 is 1.03 bits per heavy atom. The van der Waals surface area contributed by atoms with Crippen LogP contribution in [0.15, 0.2) is 72.9 Å². The van der Waals surface area contributed by atoms with Crippen molar-refractivity contribution in [2.24, 2.45) is 0 Å². The van der Waals surface area contributed by atoms with E-state index < -0.39 is 0 Å². The highest BCUT2D eigenvalue weighted by atomic mass is 35.5. The van der Waals surface area contributed by atoms with Crippen LogP contribution in [0.4, 0.5) is 5.69 Å². The molecule has 0 aromatic heterocycles. The molecule has 0 bridgehead atoms. The lowest BCUT2D eigenvalue weighted by molar-refractivity contribution is 0.380. The Balaban J connectivity index is 1.68. The number of hydrogen-bond donors (Lipinski definition) is 1. The fraction of sp³-hybridized carbons (Fsp3) is 0.231. The number of nitrogens with zero attached hydrogens (tertiary/aromatic N) is 2. The van der Waals surface area contributed by atoms with Gasteiger partial charge in [-0.3, -0.25) is 0 Å². The lowest BCUT2D eigenvalue weighted by Gasteiger charge is -2.24. The average Bonchev–Trinajstić information content (AvgIpc) is 2.93. The van der Waals surface area contributed by atoms with Gasteiger partial charge in [0.2, 0.25) is 0 Å². The molecule has 0 saturated carbocycles. The molecule has 0 aliphatic carbocycles. The summed E-state index contributed by atoms with van der Waals surface area (Å²) in [6.07, 6.45) is 5.28. The first-order valence-corrected chi connectivity index (χ1v) is 10.7. The molecule has 1 heterocycles. The number of para-hydroxylation sites is 1. The summed E-state index contributed by atoms with van der Waals surface area (Å²) in [5, 5.41) is 10.7. The molecule has 0 radical (unpaired) electrons. The van der Waals surface area contributed by atoms with Crippen molar-refractivity contribution in [1.29, 1.82) is 0 Å². The summed E-state index contributed by atoms with van der Waals surface area (Å²) in [4.78, 5) is 4.50. The summed E-state index contributed by atoms with van der Waals surface area (Å²) in [6, 6.07) is 22.7. The van der Waals surface area contributed by atoms with E-state index in [4.69, 9.17) is 11.6 Å². The van der Waals surface area contributed by atoms with Crippen LogP contribution in [0.25, 0.3) is 6.08 Å². The summed E-state index contributed by atoms with van der Waals surface area (Å²) in [5.41, 5.74) is 6.00. The van der Waals surface area contributed by atoms with E-state index in [1.807, 2.05) is 18.2 Å². The van der Waals surface area contributed by atoms with Crippen LogP contribution in [0.5, 0.6) is 5.75 Å². The zero-order valence-electron chi connectivity index (χ0n) is 17.4. The fourth-order valence-corrected chi connectivity index (χ4v) is 4.36. The van der Waals surface area contributed by atoms with Gasteiger partial charge in [0, 0.05) is 38.8 Å². The summed E-state index contributed by atoms with van der Waals surface area (Å²) in [7, 11) is 4.13. The number of aromatic hydroxyl groups is 1. The monoisotopic (exact) mass is 418 g/mol. The molecule has 3 aromatic carbocycles. The van der Waals surface area contributed by atoms with E-state index in [0.717, 1.165) is 25.1 Å². The molecule has 1 unspecified atom stereocenters. The molecule has 154 valence electrons. The van der Waals surface area contributed by atoms with Gasteiger partial charge in [-0.15, -0.1) is 0 Å². The van der Waals surface area contributed by atoms with Gasteiger partial charge in [0.25, 0.3) is 0 Å². The second-order valence-corrected chi connectivity index (χ2v) is 8.39. The number of hydrogen-bond acceptors (Lipinski definition) is 3. The van der Waals surface area contributed by atoms with Crippen molar-refractivity contribution < 1.29 is 5.11 Å². The first-order chi connectivity index (χ1) is 14.5. The quantitative estimate of drug-likeness (QED) is 0.582. The Morgan fingerprint density at radius 3 is 2.53 bits per heavy atom. The number of anilines is 1. The van der Waals surface area contributed by atoms with Gasteiger partial charge >= 0.3 is 0 Å². The molecule has 0 amide bonds. The Bertz CT molecular complexity index is 1050. The van der Waals surface area contributed by atoms with Gasteiger partial charge in [0.15, 0.2) is 0 Å². The molecule has 1 aliphatic heterocycles. The molecule has 4 heteroatoms. The van der Waals surface area contributed by atoms with Gasteiger partial charge in [-0.2, -0.15) is 0 Å². The molecule has 0 spiro atoms. The molecule has 0 saturated heterocycles. The van der Waals surface area contributed by atoms with E-state index >= 15 is 0 Å². The molecule has 3 aromatic rings. The fourth-order valence-electron chi connectivity index (χ4n) is 4.18. The lowest BCUT2D eigenvalue weighted by atomic mass is 9.88. The van der Waals surface area contributed by atoms with Crippen molar-refractivity contribution >= 4 is 23.4 Å². The SMILES string of the molecule is CN(C)c1ccccc1/C=C/N1CCc2cc(Cl)c(O)cc2C(c2ccccc2)C1. The van der Waals surface area contributed by atoms with E-state index in [9.17, 15) is 5.11 Å². The predicted molar refractivity (Wildman–Crippen MR) is 126 cm³/mol. The second-order valence-electron chi connectivity index (χ2n) is 7.98. The number of fused-ring (bicyclic) bond motifs is 1. The maximum atomic E-state index is 10.3. The number of phenols is 1. The minimum atomic E-state index is 0.153. The smallest absolute Gasteiger partial charge is 0.134 e. The third-order valence-electron chi connectivity index (χ3n) is 5.75. The maximum absolute atomic E-state index is 10.3. The summed E-state index contributed by atoms with van der Waals surface area (Å²) in [5.74, 6) is 0.320. The van der Waals surface area contributed by atoms with Crippen LogP contribution < -0.4 is 4.90 Å². The Kier molecular flexibility index (Phi) is 6.01. The normalized spacial score (nSPS) is 16.4. The van der Waals surface area contributed by atoms with Crippen molar-refractivity contribution in [3.63, 3.8) is 0 Å². The first-order valence-electron chi connectivity index (χ1n) is 10.3. The van der Waals surface area contributed by atoms with Gasteiger partial charge < -0.3 is 14.9 Å². The van der Waals surface area contributed by atoms with E-state index in [0.29, 0.717) is 5.02 Å². The minimum absolute atomic E-state index is 0.153. The highest BCUT2D eigenvalue weighted by molar-refractivity contribution is 6.32. The van der Waals surface area contributed by atoms with Gasteiger partial charge in [-0.1, -0.05) is 60.1 Å². The third-order valence-corrected chi connectivity index (χ3v) is 6.06. The molecular formula is C26H27ClN2O. The van der Waals surface area contributed by atoms with Crippen LogP contribution >= 0.6 is 11.6 Å². The average molecular weight is 419 g/mol. The molecule has 1 N–H and O–H groups in total. The van der Waals surface area contributed by atoms with Crippen molar-refractivity contribution in [2.45, 2.75) is 12.3 Å². The van der Waals surface area contributed by atoms with Crippen LogP contribution in [0.2, 0.25) is 5.02 Å². The highest BCUT2D eigenvalue weighted by Crippen LogP contribution is 2.37. The topological polar surface area (TPSA) is 26.7 Å². The van der Waals surface area contributed by atoms with Crippen LogP contribution in [0.1, 0.15) is 28.2 Å². The molecule has 3 nitrogen and oxygen atoms in total. The van der Waals surface area contributed by atoms with Crippen molar-refractivity contribution in [3.8, 4) is 5.75 Å². The van der Waals surface area contributed by atoms with Gasteiger partial charge in [0.05, 0.1) is 5.02 Å². The molecule has 30 heavy (non-hydrogen) atoms. The second kappa shape index (κ2) is 8.85. The van der Waals surface area contributed by atoms with Gasteiger partial charge in [-0.05, 0) is 59.1 Å². The van der Waals surface area contributed by atoms with Crippen molar-refractivity contribution in [2.75, 3.05) is 32.1 Å². The third kappa shape index (κ3) is 4.31. The molecule has 1 aliphatic rings. The number of rotatable bonds is 4. The molecule has 1 atom stereocenters. The first kappa shape index (κ1) is 20.4. The largest absolute Gasteiger partial charge is 0.506 e. The lowest BCUT2D eigenvalue weighted by Crippen LogP contribution is -2.23. The Morgan fingerprint density at radius 2 is 1.77 bits per heavy atom. The van der Waals surface area contributed by atoms with E-state index in [-0.39, 0.29) is 11.7 Å².